The van der Waals surface area contributed by atoms with Crippen LogP contribution in [-0.4, -0.2) is 15.5 Å². The fraction of sp³-hybridized carbons (Fsp3) is 0.0400. The molecule has 0 aliphatic heterocycles. The number of hydrogen-bond donors (Lipinski definition) is 1. The second-order valence-electron chi connectivity index (χ2n) is 6.99. The molecule has 29 heavy (non-hydrogen) atoms. The summed E-state index contributed by atoms with van der Waals surface area (Å²) in [6, 6.07) is 31.9. The number of amides is 1. The Morgan fingerprint density at radius 2 is 1.52 bits per heavy atom. The third kappa shape index (κ3) is 3.36. The first kappa shape index (κ1) is 17.2. The predicted octanol–water partition coefficient (Wildman–Crippen LogP) is 5.50. The van der Waals surface area contributed by atoms with Crippen molar-refractivity contribution in [1.82, 2.24) is 9.55 Å². The number of para-hydroxylation sites is 2. The van der Waals surface area contributed by atoms with Gasteiger partial charge in [-0.05, 0) is 35.0 Å². The molecule has 140 valence electrons. The van der Waals surface area contributed by atoms with E-state index in [2.05, 4.69) is 11.4 Å². The van der Waals surface area contributed by atoms with E-state index in [0.717, 1.165) is 38.9 Å². The summed E-state index contributed by atoms with van der Waals surface area (Å²) in [6.07, 6.45) is 0. The summed E-state index contributed by atoms with van der Waals surface area (Å²) in [6.45, 7) is 0.192. The third-order valence-corrected chi connectivity index (χ3v) is 5.02. The minimum absolute atomic E-state index is 0.0828. The van der Waals surface area contributed by atoms with Gasteiger partial charge in [-0.15, -0.1) is 0 Å². The van der Waals surface area contributed by atoms with E-state index in [9.17, 15) is 4.79 Å². The molecule has 0 atom stereocenters. The third-order valence-electron chi connectivity index (χ3n) is 5.02. The molecule has 0 saturated carbocycles. The molecule has 0 unspecified atom stereocenters. The molecule has 0 radical (unpaired) electrons. The maximum Gasteiger partial charge on any atom is 0.244 e. The van der Waals surface area contributed by atoms with Crippen LogP contribution in [0, 0.1) is 0 Å². The molecule has 5 rings (SSSR count). The Labute approximate surface area is 168 Å². The summed E-state index contributed by atoms with van der Waals surface area (Å²) in [7, 11) is 0. The largest absolute Gasteiger partial charge is 0.325 e. The van der Waals surface area contributed by atoms with Gasteiger partial charge >= 0.3 is 0 Å². The highest BCUT2D eigenvalue weighted by atomic mass is 16.1. The van der Waals surface area contributed by atoms with Gasteiger partial charge in [0.1, 0.15) is 12.4 Å². The van der Waals surface area contributed by atoms with Gasteiger partial charge in [0.15, 0.2) is 0 Å². The van der Waals surface area contributed by atoms with Gasteiger partial charge in [-0.3, -0.25) is 4.79 Å². The average molecular weight is 377 g/mol. The zero-order chi connectivity index (χ0) is 19.6. The van der Waals surface area contributed by atoms with Crippen molar-refractivity contribution >= 4 is 33.4 Å². The number of aromatic nitrogens is 2. The van der Waals surface area contributed by atoms with Crippen LogP contribution in [-0.2, 0) is 11.3 Å². The van der Waals surface area contributed by atoms with E-state index in [1.807, 2.05) is 95.6 Å². The maximum atomic E-state index is 12.9. The highest BCUT2D eigenvalue weighted by molar-refractivity contribution is 5.95. The Kier molecular flexibility index (Phi) is 4.30. The molecular weight excluding hydrogens is 358 g/mol. The molecule has 5 aromatic rings. The Morgan fingerprint density at radius 1 is 0.793 bits per heavy atom. The molecule has 1 aromatic heterocycles. The molecule has 1 heterocycles. The molecule has 1 amide bonds. The lowest BCUT2D eigenvalue weighted by Crippen LogP contribution is -2.19. The summed E-state index contributed by atoms with van der Waals surface area (Å²) in [5, 5.41) is 5.28. The molecule has 0 spiro atoms. The number of nitrogens with one attached hydrogen (secondary N) is 1. The van der Waals surface area contributed by atoms with Crippen molar-refractivity contribution in [2.45, 2.75) is 6.54 Å². The van der Waals surface area contributed by atoms with Gasteiger partial charge in [0.05, 0.1) is 11.0 Å². The van der Waals surface area contributed by atoms with Crippen LogP contribution < -0.4 is 5.32 Å². The Hall–Kier alpha value is -3.92. The van der Waals surface area contributed by atoms with E-state index in [1.54, 1.807) is 0 Å². The van der Waals surface area contributed by atoms with Crippen LogP contribution in [0.5, 0.6) is 0 Å². The van der Waals surface area contributed by atoms with Crippen LogP contribution in [0.4, 0.5) is 5.69 Å². The summed E-state index contributed by atoms with van der Waals surface area (Å²) < 4.78 is 1.97. The van der Waals surface area contributed by atoms with Crippen LogP contribution in [0.2, 0.25) is 0 Å². The number of benzene rings is 4. The molecular formula is C25H19N3O. The first-order valence-corrected chi connectivity index (χ1v) is 9.57. The van der Waals surface area contributed by atoms with Crippen molar-refractivity contribution in [3.8, 4) is 11.4 Å². The van der Waals surface area contributed by atoms with Crippen molar-refractivity contribution < 1.29 is 4.79 Å². The number of nitrogens with zero attached hydrogens (tertiary/aromatic N) is 2. The molecule has 0 saturated heterocycles. The number of hydrogen-bond acceptors (Lipinski definition) is 2. The predicted molar refractivity (Wildman–Crippen MR) is 118 cm³/mol. The first-order chi connectivity index (χ1) is 14.3. The zero-order valence-corrected chi connectivity index (χ0v) is 15.7. The molecule has 0 bridgehead atoms. The maximum absolute atomic E-state index is 12.9. The minimum Gasteiger partial charge on any atom is -0.325 e. The monoisotopic (exact) mass is 377 g/mol. The smallest absolute Gasteiger partial charge is 0.244 e. The lowest BCUT2D eigenvalue weighted by molar-refractivity contribution is -0.116. The van der Waals surface area contributed by atoms with Gasteiger partial charge < -0.3 is 9.88 Å². The van der Waals surface area contributed by atoms with Crippen molar-refractivity contribution in [1.29, 1.82) is 0 Å². The SMILES string of the molecule is O=C(Cn1c(-c2ccccc2)nc2ccccc21)Nc1ccc2ccccc2c1. The zero-order valence-electron chi connectivity index (χ0n) is 15.7. The summed E-state index contributed by atoms with van der Waals surface area (Å²) >= 11 is 0. The van der Waals surface area contributed by atoms with Crippen LogP contribution >= 0.6 is 0 Å². The summed E-state index contributed by atoms with van der Waals surface area (Å²) in [5.41, 5.74) is 3.60. The molecule has 0 aliphatic carbocycles. The van der Waals surface area contributed by atoms with Crippen molar-refractivity contribution in [3.05, 3.63) is 97.1 Å². The molecule has 4 aromatic carbocycles. The summed E-state index contributed by atoms with van der Waals surface area (Å²) in [4.78, 5) is 17.7. The highest BCUT2D eigenvalue weighted by Crippen LogP contribution is 2.25. The Morgan fingerprint density at radius 3 is 2.38 bits per heavy atom. The van der Waals surface area contributed by atoms with Crippen LogP contribution in [0.25, 0.3) is 33.2 Å². The number of imidazole rings is 1. The average Bonchev–Trinajstić information content (AvgIpc) is 3.12. The van der Waals surface area contributed by atoms with Crippen LogP contribution in [0.1, 0.15) is 0 Å². The second-order valence-corrected chi connectivity index (χ2v) is 6.99. The minimum atomic E-state index is -0.0828. The van der Waals surface area contributed by atoms with Crippen LogP contribution in [0.3, 0.4) is 0 Å². The topological polar surface area (TPSA) is 46.9 Å². The van der Waals surface area contributed by atoms with Gasteiger partial charge in [0.25, 0.3) is 0 Å². The van der Waals surface area contributed by atoms with E-state index in [1.165, 1.54) is 0 Å². The van der Waals surface area contributed by atoms with E-state index in [-0.39, 0.29) is 12.5 Å². The first-order valence-electron chi connectivity index (χ1n) is 9.57. The number of rotatable bonds is 4. The fourth-order valence-electron chi connectivity index (χ4n) is 3.65. The second kappa shape index (κ2) is 7.24. The quantitative estimate of drug-likeness (QED) is 0.450. The molecule has 4 nitrogen and oxygen atoms in total. The van der Waals surface area contributed by atoms with Crippen molar-refractivity contribution in [2.24, 2.45) is 0 Å². The fourth-order valence-corrected chi connectivity index (χ4v) is 3.65. The van der Waals surface area contributed by atoms with E-state index in [4.69, 9.17) is 4.98 Å². The van der Waals surface area contributed by atoms with E-state index >= 15 is 0 Å². The lowest BCUT2D eigenvalue weighted by atomic mass is 10.1. The number of carbonyl (C=O) groups is 1. The van der Waals surface area contributed by atoms with Crippen molar-refractivity contribution in [2.75, 3.05) is 5.32 Å². The van der Waals surface area contributed by atoms with E-state index < -0.39 is 0 Å². The molecule has 0 fully saturated rings. The molecule has 4 heteroatoms. The normalized spacial score (nSPS) is 11.0. The standard InChI is InChI=1S/C25H19N3O/c29-24(26-21-15-14-18-8-4-5-11-20(18)16-21)17-28-23-13-7-6-12-22(23)27-25(28)19-9-2-1-3-10-19/h1-16H,17H2,(H,26,29). The number of anilines is 1. The highest BCUT2D eigenvalue weighted by Gasteiger charge is 2.15. The number of carbonyl (C=O) groups excluding carboxylic acids is 1. The number of fused-ring (bicyclic) bond motifs is 2. The van der Waals surface area contributed by atoms with E-state index in [0.29, 0.717) is 0 Å². The van der Waals surface area contributed by atoms with Crippen molar-refractivity contribution in [3.63, 3.8) is 0 Å². The van der Waals surface area contributed by atoms with Crippen LogP contribution in [0.15, 0.2) is 97.1 Å². The Balaban J connectivity index is 1.48. The Bertz CT molecular complexity index is 1320. The summed E-state index contributed by atoms with van der Waals surface area (Å²) in [5.74, 6) is 0.709. The van der Waals surface area contributed by atoms with Gasteiger partial charge in [0.2, 0.25) is 5.91 Å². The molecule has 1 N–H and O–H groups in total. The van der Waals surface area contributed by atoms with Gasteiger partial charge in [0, 0.05) is 11.3 Å². The lowest BCUT2D eigenvalue weighted by Gasteiger charge is -2.11. The molecule has 0 aliphatic rings. The van der Waals surface area contributed by atoms with Gasteiger partial charge in [-0.1, -0.05) is 72.8 Å². The van der Waals surface area contributed by atoms with Gasteiger partial charge in [-0.2, -0.15) is 0 Å². The van der Waals surface area contributed by atoms with Gasteiger partial charge in [-0.25, -0.2) is 4.98 Å².